The van der Waals surface area contributed by atoms with Crippen molar-refractivity contribution in [3.05, 3.63) is 0 Å². The summed E-state index contributed by atoms with van der Waals surface area (Å²) in [6.45, 7) is 4.15. The monoisotopic (exact) mass is 172 g/mol. The van der Waals surface area contributed by atoms with E-state index in [-0.39, 0.29) is 12.2 Å². The first-order valence-electron chi connectivity index (χ1n) is 4.99. The van der Waals surface area contributed by atoms with Crippen LogP contribution in [-0.4, -0.2) is 22.4 Å². The van der Waals surface area contributed by atoms with E-state index in [1.54, 1.807) is 0 Å². The Morgan fingerprint density at radius 2 is 2.00 bits per heavy atom. The zero-order valence-corrected chi connectivity index (χ0v) is 8.03. The van der Waals surface area contributed by atoms with Crippen molar-refractivity contribution >= 4 is 0 Å². The highest BCUT2D eigenvalue weighted by Gasteiger charge is 2.28. The van der Waals surface area contributed by atoms with Crippen LogP contribution in [0.5, 0.6) is 0 Å². The molecule has 0 aromatic heterocycles. The van der Waals surface area contributed by atoms with Crippen LogP contribution in [0.4, 0.5) is 0 Å². The fourth-order valence-corrected chi connectivity index (χ4v) is 2.27. The first-order chi connectivity index (χ1) is 5.63. The first kappa shape index (κ1) is 10.0. The van der Waals surface area contributed by atoms with Gasteiger partial charge in [0.1, 0.15) is 0 Å². The van der Waals surface area contributed by atoms with Gasteiger partial charge in [0.2, 0.25) is 0 Å². The Kier molecular flexibility index (Phi) is 3.53. The molecule has 4 unspecified atom stereocenters. The maximum atomic E-state index is 9.61. The van der Waals surface area contributed by atoms with Gasteiger partial charge in [-0.05, 0) is 37.5 Å². The molecule has 72 valence electrons. The Labute approximate surface area is 74.6 Å². The van der Waals surface area contributed by atoms with Crippen molar-refractivity contribution < 1.29 is 10.2 Å². The molecule has 1 saturated carbocycles. The molecular weight excluding hydrogens is 152 g/mol. The molecule has 0 heterocycles. The Balaban J connectivity index is 2.43. The van der Waals surface area contributed by atoms with E-state index in [1.165, 1.54) is 0 Å². The number of aliphatic hydroxyl groups is 2. The minimum atomic E-state index is -0.206. The molecule has 4 atom stereocenters. The fourth-order valence-electron chi connectivity index (χ4n) is 2.27. The molecule has 0 aromatic rings. The number of hydrogen-bond acceptors (Lipinski definition) is 2. The minimum Gasteiger partial charge on any atom is -0.393 e. The van der Waals surface area contributed by atoms with Crippen LogP contribution in [0.2, 0.25) is 0 Å². The van der Waals surface area contributed by atoms with Gasteiger partial charge in [0.05, 0.1) is 12.2 Å². The third kappa shape index (κ3) is 2.46. The molecule has 0 aliphatic heterocycles. The van der Waals surface area contributed by atoms with E-state index in [9.17, 15) is 10.2 Å². The predicted octanol–water partition coefficient (Wildman–Crippen LogP) is 1.55. The van der Waals surface area contributed by atoms with Crippen LogP contribution >= 0.6 is 0 Å². The predicted molar refractivity (Wildman–Crippen MR) is 48.8 cm³/mol. The second-order valence-electron chi connectivity index (χ2n) is 4.20. The summed E-state index contributed by atoms with van der Waals surface area (Å²) in [5.74, 6) is 0.897. The lowest BCUT2D eigenvalue weighted by atomic mass is 9.77. The van der Waals surface area contributed by atoms with Crippen LogP contribution in [0.3, 0.4) is 0 Å². The highest BCUT2D eigenvalue weighted by molar-refractivity contribution is 4.80. The number of aliphatic hydroxyl groups excluding tert-OH is 2. The van der Waals surface area contributed by atoms with Crippen LogP contribution in [-0.2, 0) is 0 Å². The summed E-state index contributed by atoms with van der Waals surface area (Å²) in [6, 6.07) is 0. The molecule has 12 heavy (non-hydrogen) atoms. The normalized spacial score (nSPS) is 39.5. The van der Waals surface area contributed by atoms with Crippen molar-refractivity contribution in [2.45, 2.75) is 51.7 Å². The largest absolute Gasteiger partial charge is 0.393 e. The Bertz CT molecular complexity index is 126. The summed E-state index contributed by atoms with van der Waals surface area (Å²) >= 11 is 0. The van der Waals surface area contributed by atoms with Gasteiger partial charge in [-0.2, -0.15) is 0 Å². The molecule has 1 aliphatic rings. The summed E-state index contributed by atoms with van der Waals surface area (Å²) in [6.07, 6.45) is 3.20. The topological polar surface area (TPSA) is 40.5 Å². The Hall–Kier alpha value is -0.0800. The standard InChI is InChI=1S/C10H20O2/c1-3-10(12)8-4-7(2)5-9(11)6-8/h7-12H,3-6H2,1-2H3. The third-order valence-electron chi connectivity index (χ3n) is 2.92. The van der Waals surface area contributed by atoms with Gasteiger partial charge in [0, 0.05) is 0 Å². The van der Waals surface area contributed by atoms with E-state index in [4.69, 9.17) is 0 Å². The van der Waals surface area contributed by atoms with Crippen molar-refractivity contribution in [3.8, 4) is 0 Å². The second-order valence-corrected chi connectivity index (χ2v) is 4.20. The average molecular weight is 172 g/mol. The second kappa shape index (κ2) is 4.24. The van der Waals surface area contributed by atoms with Crippen LogP contribution in [0.25, 0.3) is 0 Å². The SMILES string of the molecule is CCC(O)C1CC(C)CC(O)C1. The molecule has 1 rings (SSSR count). The molecule has 0 bridgehead atoms. The maximum Gasteiger partial charge on any atom is 0.0566 e. The van der Waals surface area contributed by atoms with Gasteiger partial charge in [-0.1, -0.05) is 13.8 Å². The van der Waals surface area contributed by atoms with Crippen LogP contribution in [0.15, 0.2) is 0 Å². The van der Waals surface area contributed by atoms with Crippen LogP contribution < -0.4 is 0 Å². The lowest BCUT2D eigenvalue weighted by molar-refractivity contribution is 0.0101. The molecule has 0 radical (unpaired) electrons. The highest BCUT2D eigenvalue weighted by Crippen LogP contribution is 2.31. The molecule has 1 fully saturated rings. The summed E-state index contributed by atoms with van der Waals surface area (Å²) in [5.41, 5.74) is 0. The molecular formula is C10H20O2. The van der Waals surface area contributed by atoms with Crippen molar-refractivity contribution in [2.24, 2.45) is 11.8 Å². The molecule has 0 amide bonds. The van der Waals surface area contributed by atoms with E-state index in [0.717, 1.165) is 25.7 Å². The lowest BCUT2D eigenvalue weighted by Gasteiger charge is -2.33. The smallest absolute Gasteiger partial charge is 0.0566 e. The molecule has 0 aromatic carbocycles. The van der Waals surface area contributed by atoms with E-state index in [0.29, 0.717) is 11.8 Å². The first-order valence-corrected chi connectivity index (χ1v) is 4.99. The van der Waals surface area contributed by atoms with E-state index in [2.05, 4.69) is 6.92 Å². The quantitative estimate of drug-likeness (QED) is 0.663. The van der Waals surface area contributed by atoms with Gasteiger partial charge in [-0.25, -0.2) is 0 Å². The van der Waals surface area contributed by atoms with Gasteiger partial charge in [-0.3, -0.25) is 0 Å². The molecule has 1 aliphatic carbocycles. The van der Waals surface area contributed by atoms with Gasteiger partial charge < -0.3 is 10.2 Å². The molecule has 0 saturated heterocycles. The molecule has 2 nitrogen and oxygen atoms in total. The number of hydrogen-bond donors (Lipinski definition) is 2. The maximum absolute atomic E-state index is 9.61. The fraction of sp³-hybridized carbons (Fsp3) is 1.00. The van der Waals surface area contributed by atoms with Gasteiger partial charge in [0.15, 0.2) is 0 Å². The lowest BCUT2D eigenvalue weighted by Crippen LogP contribution is -2.32. The van der Waals surface area contributed by atoms with E-state index >= 15 is 0 Å². The van der Waals surface area contributed by atoms with Crippen LogP contribution in [0, 0.1) is 11.8 Å². The summed E-state index contributed by atoms with van der Waals surface area (Å²) in [7, 11) is 0. The van der Waals surface area contributed by atoms with E-state index in [1.807, 2.05) is 6.92 Å². The summed E-state index contributed by atoms with van der Waals surface area (Å²) in [5, 5.41) is 19.1. The van der Waals surface area contributed by atoms with Gasteiger partial charge in [-0.15, -0.1) is 0 Å². The third-order valence-corrected chi connectivity index (χ3v) is 2.92. The van der Waals surface area contributed by atoms with Gasteiger partial charge >= 0.3 is 0 Å². The summed E-state index contributed by atoms with van der Waals surface area (Å²) in [4.78, 5) is 0. The zero-order chi connectivity index (χ0) is 9.14. The van der Waals surface area contributed by atoms with Crippen molar-refractivity contribution in [3.63, 3.8) is 0 Å². The average Bonchev–Trinajstić information content (AvgIpc) is 2.01. The molecule has 0 spiro atoms. The Morgan fingerprint density at radius 3 is 2.50 bits per heavy atom. The molecule has 2 N–H and O–H groups in total. The Morgan fingerprint density at radius 1 is 1.33 bits per heavy atom. The van der Waals surface area contributed by atoms with Crippen molar-refractivity contribution in [2.75, 3.05) is 0 Å². The zero-order valence-electron chi connectivity index (χ0n) is 8.03. The van der Waals surface area contributed by atoms with E-state index < -0.39 is 0 Å². The molecule has 2 heteroatoms. The van der Waals surface area contributed by atoms with Gasteiger partial charge in [0.25, 0.3) is 0 Å². The highest BCUT2D eigenvalue weighted by atomic mass is 16.3. The van der Waals surface area contributed by atoms with Crippen molar-refractivity contribution in [1.82, 2.24) is 0 Å². The van der Waals surface area contributed by atoms with Crippen molar-refractivity contribution in [1.29, 1.82) is 0 Å². The number of rotatable bonds is 2. The summed E-state index contributed by atoms with van der Waals surface area (Å²) < 4.78 is 0. The minimum absolute atomic E-state index is 0.181. The van der Waals surface area contributed by atoms with Crippen LogP contribution in [0.1, 0.15) is 39.5 Å².